The highest BCUT2D eigenvalue weighted by atomic mass is 32.2. The van der Waals surface area contributed by atoms with Gasteiger partial charge in [0.25, 0.3) is 5.91 Å². The Morgan fingerprint density at radius 2 is 1.76 bits per heavy atom. The Morgan fingerprint density at radius 1 is 0.966 bits per heavy atom. The third-order valence-corrected chi connectivity index (χ3v) is 5.94. The van der Waals surface area contributed by atoms with Gasteiger partial charge in [0, 0.05) is 5.69 Å². The van der Waals surface area contributed by atoms with Gasteiger partial charge in [0.05, 0.1) is 17.0 Å². The second-order valence-corrected chi connectivity index (χ2v) is 8.78. The zero-order valence-corrected chi connectivity index (χ0v) is 16.8. The molecule has 29 heavy (non-hydrogen) atoms. The predicted molar refractivity (Wildman–Crippen MR) is 113 cm³/mol. The number of benzene rings is 3. The van der Waals surface area contributed by atoms with Crippen molar-refractivity contribution in [1.29, 1.82) is 0 Å². The minimum Gasteiger partial charge on any atom is -0.454 e. The molecule has 3 aromatic carbocycles. The number of amides is 1. The number of rotatable bonds is 4. The molecule has 3 aromatic rings. The first-order valence-electron chi connectivity index (χ1n) is 9.10. The van der Waals surface area contributed by atoms with Gasteiger partial charge in [0.1, 0.15) is 5.75 Å². The van der Waals surface area contributed by atoms with E-state index in [0.29, 0.717) is 22.9 Å². The van der Waals surface area contributed by atoms with Crippen molar-refractivity contribution in [2.24, 2.45) is 0 Å². The zero-order chi connectivity index (χ0) is 20.6. The molecule has 7 heteroatoms. The number of ether oxygens (including phenoxy) is 1. The topological polar surface area (TPSA) is 84.5 Å². The molecular weight excluding hydrogens is 388 g/mol. The zero-order valence-electron chi connectivity index (χ0n) is 16.0. The van der Waals surface area contributed by atoms with E-state index in [-0.39, 0.29) is 17.2 Å². The van der Waals surface area contributed by atoms with Crippen molar-refractivity contribution in [2.45, 2.75) is 19.6 Å². The van der Waals surface area contributed by atoms with E-state index in [0.717, 1.165) is 16.7 Å². The molecule has 6 nitrogen and oxygen atoms in total. The molecule has 1 amide bonds. The molecule has 0 spiro atoms. The van der Waals surface area contributed by atoms with E-state index in [4.69, 9.17) is 4.74 Å². The van der Waals surface area contributed by atoms with E-state index in [1.807, 2.05) is 38.1 Å². The van der Waals surface area contributed by atoms with Crippen LogP contribution in [0.4, 0.5) is 11.4 Å². The maximum absolute atomic E-state index is 12.7. The number of aryl methyl sites for hydroxylation is 2. The molecule has 4 rings (SSSR count). The summed E-state index contributed by atoms with van der Waals surface area (Å²) in [7, 11) is -3.66. The van der Waals surface area contributed by atoms with Crippen LogP contribution in [0.3, 0.4) is 0 Å². The van der Waals surface area contributed by atoms with Crippen molar-refractivity contribution in [3.8, 4) is 11.5 Å². The number of hydrogen-bond acceptors (Lipinski definition) is 4. The minimum absolute atomic E-state index is 0.147. The minimum atomic E-state index is -3.66. The Hall–Kier alpha value is -3.32. The fraction of sp³-hybridized carbons (Fsp3) is 0.136. The SMILES string of the molecule is Cc1ccc(C)c(CS(=O)(=O)Nc2ccc3c(c2)C(=O)Nc2ccccc2O3)c1. The lowest BCUT2D eigenvalue weighted by molar-refractivity contribution is 0.102. The van der Waals surface area contributed by atoms with E-state index in [1.54, 1.807) is 30.3 Å². The fourth-order valence-corrected chi connectivity index (χ4v) is 4.48. The highest BCUT2D eigenvalue weighted by Crippen LogP contribution is 2.36. The summed E-state index contributed by atoms with van der Waals surface area (Å²) in [5.74, 6) is 0.388. The Balaban J connectivity index is 1.60. The second kappa shape index (κ2) is 7.25. The summed E-state index contributed by atoms with van der Waals surface area (Å²) >= 11 is 0. The second-order valence-electron chi connectivity index (χ2n) is 7.05. The van der Waals surface area contributed by atoms with Crippen LogP contribution < -0.4 is 14.8 Å². The van der Waals surface area contributed by atoms with E-state index in [2.05, 4.69) is 10.0 Å². The van der Waals surface area contributed by atoms with E-state index in [9.17, 15) is 13.2 Å². The molecule has 0 aromatic heterocycles. The van der Waals surface area contributed by atoms with Gasteiger partial charge >= 0.3 is 0 Å². The Morgan fingerprint density at radius 3 is 2.59 bits per heavy atom. The Bertz CT molecular complexity index is 1220. The van der Waals surface area contributed by atoms with Crippen molar-refractivity contribution in [1.82, 2.24) is 0 Å². The van der Waals surface area contributed by atoms with Crippen molar-refractivity contribution in [3.05, 3.63) is 82.9 Å². The van der Waals surface area contributed by atoms with Crippen LogP contribution in [-0.2, 0) is 15.8 Å². The van der Waals surface area contributed by atoms with E-state index in [1.165, 1.54) is 6.07 Å². The Labute approximate surface area is 169 Å². The van der Waals surface area contributed by atoms with Crippen molar-refractivity contribution >= 4 is 27.3 Å². The average Bonchev–Trinajstić information content (AvgIpc) is 2.80. The highest BCUT2D eigenvalue weighted by molar-refractivity contribution is 7.91. The van der Waals surface area contributed by atoms with Crippen molar-refractivity contribution < 1.29 is 17.9 Å². The molecule has 1 aliphatic heterocycles. The summed E-state index contributed by atoms with van der Waals surface area (Å²) in [5.41, 5.74) is 3.77. The van der Waals surface area contributed by atoms with Gasteiger partial charge in [-0.1, -0.05) is 35.9 Å². The number of carbonyl (C=O) groups excluding carboxylic acids is 1. The first-order valence-corrected chi connectivity index (χ1v) is 10.7. The van der Waals surface area contributed by atoms with Gasteiger partial charge < -0.3 is 10.1 Å². The molecule has 0 aliphatic carbocycles. The van der Waals surface area contributed by atoms with Crippen LogP contribution in [0.1, 0.15) is 27.0 Å². The Kier molecular flexibility index (Phi) is 4.76. The predicted octanol–water partition coefficient (Wildman–Crippen LogP) is 4.60. The monoisotopic (exact) mass is 408 g/mol. The summed E-state index contributed by atoms with van der Waals surface area (Å²) in [6.45, 7) is 3.80. The van der Waals surface area contributed by atoms with Crippen LogP contribution in [0.5, 0.6) is 11.5 Å². The number of para-hydroxylation sites is 2. The standard InChI is InChI=1S/C22H20N2O4S/c1-14-7-8-15(2)16(11-14)13-29(26,27)24-17-9-10-20-18(12-17)22(25)23-19-5-3-4-6-21(19)28-20/h3-12,24H,13H2,1-2H3,(H,23,25). The smallest absolute Gasteiger partial charge is 0.259 e. The summed E-state index contributed by atoms with van der Waals surface area (Å²) < 4.78 is 33.8. The lowest BCUT2D eigenvalue weighted by Crippen LogP contribution is -2.17. The van der Waals surface area contributed by atoms with Gasteiger partial charge in [-0.3, -0.25) is 9.52 Å². The van der Waals surface area contributed by atoms with Gasteiger partial charge in [-0.05, 0) is 55.3 Å². The average molecular weight is 408 g/mol. The number of nitrogens with one attached hydrogen (secondary N) is 2. The van der Waals surface area contributed by atoms with Crippen LogP contribution in [0.25, 0.3) is 0 Å². The molecule has 0 atom stereocenters. The molecule has 0 unspecified atom stereocenters. The molecule has 0 saturated carbocycles. The van der Waals surface area contributed by atoms with Gasteiger partial charge in [-0.25, -0.2) is 8.42 Å². The van der Waals surface area contributed by atoms with Gasteiger partial charge in [-0.15, -0.1) is 0 Å². The third kappa shape index (κ3) is 4.09. The molecule has 0 fully saturated rings. The van der Waals surface area contributed by atoms with Crippen LogP contribution in [0.2, 0.25) is 0 Å². The molecule has 0 radical (unpaired) electrons. The van der Waals surface area contributed by atoms with E-state index < -0.39 is 10.0 Å². The number of anilines is 2. The molecule has 0 bridgehead atoms. The first kappa shape index (κ1) is 19.0. The normalized spacial score (nSPS) is 12.8. The number of carbonyl (C=O) groups is 1. The number of fused-ring (bicyclic) bond motifs is 2. The van der Waals surface area contributed by atoms with Crippen LogP contribution >= 0.6 is 0 Å². The summed E-state index contributed by atoms with van der Waals surface area (Å²) in [5, 5.41) is 2.78. The summed E-state index contributed by atoms with van der Waals surface area (Å²) in [6, 6.07) is 17.5. The van der Waals surface area contributed by atoms with E-state index >= 15 is 0 Å². The third-order valence-electron chi connectivity index (χ3n) is 4.70. The largest absolute Gasteiger partial charge is 0.454 e. The van der Waals surface area contributed by atoms with Crippen LogP contribution in [-0.4, -0.2) is 14.3 Å². The molecule has 148 valence electrons. The molecule has 2 N–H and O–H groups in total. The lowest BCUT2D eigenvalue weighted by atomic mass is 10.1. The summed E-state index contributed by atoms with van der Waals surface area (Å²) in [6.07, 6.45) is 0. The van der Waals surface area contributed by atoms with Crippen molar-refractivity contribution in [2.75, 3.05) is 10.0 Å². The first-order chi connectivity index (χ1) is 13.8. The number of hydrogen-bond donors (Lipinski definition) is 2. The molecular formula is C22H20N2O4S. The maximum atomic E-state index is 12.7. The fourth-order valence-electron chi connectivity index (χ4n) is 3.20. The maximum Gasteiger partial charge on any atom is 0.259 e. The number of sulfonamides is 1. The summed E-state index contributed by atoms with van der Waals surface area (Å²) in [4.78, 5) is 12.6. The van der Waals surface area contributed by atoms with Crippen LogP contribution in [0.15, 0.2) is 60.7 Å². The quantitative estimate of drug-likeness (QED) is 0.661. The van der Waals surface area contributed by atoms with Gasteiger partial charge in [-0.2, -0.15) is 0 Å². The lowest BCUT2D eigenvalue weighted by Gasteiger charge is -2.12. The molecule has 1 heterocycles. The van der Waals surface area contributed by atoms with Gasteiger partial charge in [0.2, 0.25) is 10.0 Å². The van der Waals surface area contributed by atoms with Crippen molar-refractivity contribution in [3.63, 3.8) is 0 Å². The molecule has 0 saturated heterocycles. The highest BCUT2D eigenvalue weighted by Gasteiger charge is 2.22. The van der Waals surface area contributed by atoms with Gasteiger partial charge in [0.15, 0.2) is 5.75 Å². The molecule has 1 aliphatic rings. The van der Waals surface area contributed by atoms with Crippen LogP contribution in [0, 0.1) is 13.8 Å².